The molecule has 0 saturated carbocycles. The molecule has 0 aromatic carbocycles. The molecule has 4 heteroatoms. The van der Waals surface area contributed by atoms with Crippen LogP contribution in [0.5, 0.6) is 0 Å². The first-order chi connectivity index (χ1) is 5.24. The largest absolute Gasteiger partial charge is 0.357 e. The molecular weight excluding hydrogens is 255 g/mol. The van der Waals surface area contributed by atoms with Crippen LogP contribution in [0, 0.1) is 0 Å². The number of rotatable bonds is 3. The smallest absolute Gasteiger partial charge is 0.142 e. The van der Waals surface area contributed by atoms with Crippen molar-refractivity contribution in [2.75, 3.05) is 13.2 Å². The Morgan fingerprint density at radius 1 is 1.91 bits per heavy atom. The van der Waals surface area contributed by atoms with Crippen LogP contribution >= 0.6 is 22.6 Å². The van der Waals surface area contributed by atoms with Crippen LogP contribution in [0.25, 0.3) is 0 Å². The Hall–Kier alpha value is 0.160. The number of hydrogen-bond donors (Lipinski definition) is 0. The Morgan fingerprint density at radius 2 is 2.64 bits per heavy atom. The molecule has 11 heavy (non-hydrogen) atoms. The van der Waals surface area contributed by atoms with Gasteiger partial charge in [0.1, 0.15) is 6.23 Å². The Bertz CT molecular complexity index is 151. The number of hydrazone groups is 1. The molecule has 0 spiro atoms. The van der Waals surface area contributed by atoms with Crippen LogP contribution < -0.4 is 0 Å². The fourth-order valence-corrected chi connectivity index (χ4v) is 1.55. The van der Waals surface area contributed by atoms with E-state index in [1.807, 2.05) is 25.1 Å². The van der Waals surface area contributed by atoms with Gasteiger partial charge in [0.15, 0.2) is 0 Å². The normalized spacial score (nSPS) is 26.1. The van der Waals surface area contributed by atoms with Gasteiger partial charge in [0.2, 0.25) is 0 Å². The summed E-state index contributed by atoms with van der Waals surface area (Å²) < 4.78 is 5.92. The van der Waals surface area contributed by atoms with Crippen LogP contribution in [0.15, 0.2) is 5.10 Å². The van der Waals surface area contributed by atoms with E-state index in [1.54, 1.807) is 0 Å². The monoisotopic (exact) mass is 268 g/mol. The Morgan fingerprint density at radius 3 is 3.09 bits per heavy atom. The molecule has 0 aromatic heterocycles. The molecule has 3 nitrogen and oxygen atoms in total. The van der Waals surface area contributed by atoms with E-state index in [0.717, 1.165) is 13.2 Å². The predicted octanol–water partition coefficient (Wildman–Crippen LogP) is 1.47. The molecule has 0 saturated heterocycles. The molecule has 64 valence electrons. The second-order valence-electron chi connectivity index (χ2n) is 2.46. The molecule has 0 fully saturated rings. The van der Waals surface area contributed by atoms with E-state index in [9.17, 15) is 0 Å². The average Bonchev–Trinajstić information content (AvgIpc) is 2.36. The molecule has 0 radical (unpaired) electrons. The van der Waals surface area contributed by atoms with Crippen molar-refractivity contribution < 1.29 is 4.74 Å². The van der Waals surface area contributed by atoms with E-state index in [1.165, 1.54) is 0 Å². The lowest BCUT2D eigenvalue weighted by atomic mass is 10.4. The van der Waals surface area contributed by atoms with Crippen molar-refractivity contribution >= 4 is 28.8 Å². The van der Waals surface area contributed by atoms with Crippen molar-refractivity contribution in [2.24, 2.45) is 5.10 Å². The van der Waals surface area contributed by atoms with Gasteiger partial charge < -0.3 is 4.74 Å². The first-order valence-corrected chi connectivity index (χ1v) is 5.05. The lowest BCUT2D eigenvalue weighted by molar-refractivity contribution is -0.0348. The summed E-state index contributed by atoms with van der Waals surface area (Å²) in [5, 5.41) is 6.18. The number of nitrogens with zero attached hydrogens (tertiary/aromatic N) is 2. The van der Waals surface area contributed by atoms with E-state index in [4.69, 9.17) is 4.74 Å². The molecule has 0 bridgehead atoms. The van der Waals surface area contributed by atoms with Crippen molar-refractivity contribution in [2.45, 2.75) is 24.0 Å². The summed E-state index contributed by atoms with van der Waals surface area (Å²) in [4.78, 5) is 0. The molecule has 2 atom stereocenters. The fraction of sp³-hybridized carbons (Fsp3) is 0.857. The van der Waals surface area contributed by atoms with Crippen LogP contribution in [0.1, 0.15) is 13.8 Å². The summed E-state index contributed by atoms with van der Waals surface area (Å²) in [6.45, 7) is 5.74. The molecule has 1 aliphatic heterocycles. The highest BCUT2D eigenvalue weighted by Gasteiger charge is 2.19. The van der Waals surface area contributed by atoms with Crippen molar-refractivity contribution in [3.8, 4) is 0 Å². The Kier molecular flexibility index (Phi) is 3.58. The lowest BCUT2D eigenvalue weighted by Gasteiger charge is -2.22. The molecule has 0 aromatic rings. The van der Waals surface area contributed by atoms with Crippen LogP contribution in [-0.2, 0) is 4.74 Å². The second kappa shape index (κ2) is 4.25. The second-order valence-corrected chi connectivity index (χ2v) is 4.06. The van der Waals surface area contributed by atoms with Gasteiger partial charge in [0.25, 0.3) is 0 Å². The third kappa shape index (κ3) is 2.59. The minimum atomic E-state index is 0.121. The minimum absolute atomic E-state index is 0.121. The van der Waals surface area contributed by atoms with E-state index in [2.05, 4.69) is 27.7 Å². The minimum Gasteiger partial charge on any atom is -0.357 e. The zero-order valence-corrected chi connectivity index (χ0v) is 8.98. The number of halogens is 1. The first kappa shape index (κ1) is 9.25. The van der Waals surface area contributed by atoms with Crippen molar-refractivity contribution in [3.05, 3.63) is 0 Å². The third-order valence-electron chi connectivity index (χ3n) is 1.57. The van der Waals surface area contributed by atoms with Gasteiger partial charge in [-0.05, 0) is 13.8 Å². The highest BCUT2D eigenvalue weighted by atomic mass is 127. The molecule has 0 aliphatic carbocycles. The summed E-state index contributed by atoms with van der Waals surface area (Å²) in [6, 6.07) is 0. The summed E-state index contributed by atoms with van der Waals surface area (Å²) in [7, 11) is 0. The third-order valence-corrected chi connectivity index (χ3v) is 2.28. The maximum Gasteiger partial charge on any atom is 0.142 e. The van der Waals surface area contributed by atoms with E-state index in [0.29, 0.717) is 3.92 Å². The zero-order valence-electron chi connectivity index (χ0n) is 6.83. The SMILES string of the molecule is CCOC(C)N1CC(I)C=N1. The molecule has 2 unspecified atom stereocenters. The number of hydrogen-bond acceptors (Lipinski definition) is 3. The van der Waals surface area contributed by atoms with Gasteiger partial charge in [0.05, 0.1) is 10.5 Å². The van der Waals surface area contributed by atoms with Gasteiger partial charge in [-0.3, -0.25) is 5.01 Å². The summed E-state index contributed by atoms with van der Waals surface area (Å²) in [5.41, 5.74) is 0. The maximum absolute atomic E-state index is 5.38. The maximum atomic E-state index is 5.38. The number of ether oxygens (including phenoxy) is 1. The molecule has 1 heterocycles. The molecule has 1 rings (SSSR count). The molecule has 1 aliphatic rings. The summed E-state index contributed by atoms with van der Waals surface area (Å²) >= 11 is 2.36. The quantitative estimate of drug-likeness (QED) is 0.572. The lowest BCUT2D eigenvalue weighted by Crippen LogP contribution is -2.30. The van der Waals surface area contributed by atoms with Crippen LogP contribution in [-0.4, -0.2) is 34.5 Å². The Balaban J connectivity index is 2.32. The standard InChI is InChI=1S/C7H13IN2O/c1-3-11-6(2)10-5-7(8)4-9-10/h4,6-7H,3,5H2,1-2H3. The average molecular weight is 268 g/mol. The topological polar surface area (TPSA) is 24.8 Å². The molecule has 0 N–H and O–H groups in total. The van der Waals surface area contributed by atoms with Gasteiger partial charge in [-0.1, -0.05) is 22.6 Å². The Labute approximate surface area is 80.9 Å². The van der Waals surface area contributed by atoms with Crippen LogP contribution in [0.4, 0.5) is 0 Å². The van der Waals surface area contributed by atoms with Gasteiger partial charge in [0, 0.05) is 12.8 Å². The van der Waals surface area contributed by atoms with Gasteiger partial charge in [-0.15, -0.1) is 0 Å². The van der Waals surface area contributed by atoms with Gasteiger partial charge in [-0.25, -0.2) is 0 Å². The fourth-order valence-electron chi connectivity index (χ4n) is 1.00. The van der Waals surface area contributed by atoms with Crippen LogP contribution in [0.2, 0.25) is 0 Å². The first-order valence-electron chi connectivity index (χ1n) is 3.80. The molecule has 0 amide bonds. The van der Waals surface area contributed by atoms with Crippen molar-refractivity contribution in [3.63, 3.8) is 0 Å². The summed E-state index contributed by atoms with van der Waals surface area (Å²) in [6.07, 6.45) is 2.08. The van der Waals surface area contributed by atoms with Crippen LogP contribution in [0.3, 0.4) is 0 Å². The summed E-state index contributed by atoms with van der Waals surface area (Å²) in [5.74, 6) is 0. The zero-order chi connectivity index (χ0) is 8.27. The van der Waals surface area contributed by atoms with E-state index in [-0.39, 0.29) is 6.23 Å². The van der Waals surface area contributed by atoms with Gasteiger partial charge in [-0.2, -0.15) is 5.10 Å². The highest BCUT2D eigenvalue weighted by Crippen LogP contribution is 2.12. The molecular formula is C7H13IN2O. The van der Waals surface area contributed by atoms with Gasteiger partial charge >= 0.3 is 0 Å². The van der Waals surface area contributed by atoms with E-state index >= 15 is 0 Å². The predicted molar refractivity (Wildman–Crippen MR) is 54.1 cm³/mol. The van der Waals surface area contributed by atoms with E-state index < -0.39 is 0 Å². The van der Waals surface area contributed by atoms with Crippen molar-refractivity contribution in [1.82, 2.24) is 5.01 Å². The highest BCUT2D eigenvalue weighted by molar-refractivity contribution is 14.1. The number of alkyl halides is 1. The van der Waals surface area contributed by atoms with Crippen molar-refractivity contribution in [1.29, 1.82) is 0 Å².